The van der Waals surface area contributed by atoms with Crippen LogP contribution < -0.4 is 0 Å². The first-order chi connectivity index (χ1) is 4.70. The van der Waals surface area contributed by atoms with Crippen molar-refractivity contribution in [1.82, 2.24) is 2.52 Å². The molecule has 0 amide bonds. The lowest BCUT2D eigenvalue weighted by Gasteiger charge is -2.28. The maximum Gasteiger partial charge on any atom is 0.0320 e. The molecular formula is C7H14INS. The van der Waals surface area contributed by atoms with E-state index in [0.717, 1.165) is 12.0 Å². The Morgan fingerprint density at radius 3 is 2.20 bits per heavy atom. The second-order valence-corrected chi connectivity index (χ2v) is 5.44. The average molecular weight is 271 g/mol. The first-order valence-corrected chi connectivity index (χ1v) is 5.20. The third-order valence-corrected chi connectivity index (χ3v) is 3.40. The summed E-state index contributed by atoms with van der Waals surface area (Å²) in [5.41, 5.74) is 0. The largest absolute Gasteiger partial charge is 0.191 e. The smallest absolute Gasteiger partial charge is 0.0320 e. The fourth-order valence-electron chi connectivity index (χ4n) is 1.46. The fourth-order valence-corrected chi connectivity index (χ4v) is 2.24. The van der Waals surface area contributed by atoms with Crippen LogP contribution in [0.1, 0.15) is 32.6 Å². The molecule has 0 spiro atoms. The van der Waals surface area contributed by atoms with E-state index in [0.29, 0.717) is 0 Å². The molecule has 10 heavy (non-hydrogen) atoms. The second-order valence-electron chi connectivity index (χ2n) is 3.20. The predicted molar refractivity (Wildman–Crippen MR) is 56.3 cm³/mol. The zero-order valence-corrected chi connectivity index (χ0v) is 9.31. The van der Waals surface area contributed by atoms with Gasteiger partial charge in [-0.1, -0.05) is 19.7 Å². The monoisotopic (exact) mass is 271 g/mol. The van der Waals surface area contributed by atoms with Gasteiger partial charge in [0.25, 0.3) is 0 Å². The Hall–Kier alpha value is 1.04. The first-order valence-electron chi connectivity index (χ1n) is 3.84. The topological polar surface area (TPSA) is 3.24 Å². The van der Waals surface area contributed by atoms with Crippen LogP contribution in [0, 0.1) is 5.92 Å². The van der Waals surface area contributed by atoms with Gasteiger partial charge in [-0.25, -0.2) is 0 Å². The molecule has 0 heterocycles. The SMILES string of the molecule is CC1CCC(N(S)I)CC1. The Morgan fingerprint density at radius 2 is 1.80 bits per heavy atom. The number of rotatable bonds is 1. The number of nitrogens with zero attached hydrogens (tertiary/aromatic N) is 1. The van der Waals surface area contributed by atoms with Gasteiger partial charge in [0.05, 0.1) is 0 Å². The quantitative estimate of drug-likeness (QED) is 0.436. The van der Waals surface area contributed by atoms with Crippen LogP contribution in [0.2, 0.25) is 0 Å². The summed E-state index contributed by atoms with van der Waals surface area (Å²) in [7, 11) is 0. The third kappa shape index (κ3) is 2.58. The van der Waals surface area contributed by atoms with Gasteiger partial charge in [0.15, 0.2) is 0 Å². The van der Waals surface area contributed by atoms with Crippen molar-refractivity contribution in [2.45, 2.75) is 38.6 Å². The van der Waals surface area contributed by atoms with Gasteiger partial charge in [-0.05, 0) is 31.6 Å². The van der Waals surface area contributed by atoms with E-state index in [-0.39, 0.29) is 0 Å². The number of hydrogen-bond donors (Lipinski definition) is 1. The van der Waals surface area contributed by atoms with Gasteiger partial charge in [0.2, 0.25) is 0 Å². The lowest BCUT2D eigenvalue weighted by atomic mass is 9.88. The Balaban J connectivity index is 2.26. The highest BCUT2D eigenvalue weighted by Gasteiger charge is 2.20. The number of thiol groups is 1. The minimum atomic E-state index is 0.722. The van der Waals surface area contributed by atoms with Gasteiger partial charge in [-0.15, -0.1) is 0 Å². The number of hydrogen-bond acceptors (Lipinski definition) is 2. The third-order valence-electron chi connectivity index (χ3n) is 2.29. The Kier molecular flexibility index (Phi) is 3.80. The van der Waals surface area contributed by atoms with Crippen molar-refractivity contribution in [3.63, 3.8) is 0 Å². The lowest BCUT2D eigenvalue weighted by molar-refractivity contribution is 0.307. The van der Waals surface area contributed by atoms with Crippen molar-refractivity contribution in [1.29, 1.82) is 0 Å². The molecule has 3 heteroatoms. The average Bonchev–Trinajstić information content (AvgIpc) is 1.88. The minimum absolute atomic E-state index is 0.722. The van der Waals surface area contributed by atoms with Crippen molar-refractivity contribution in [2.75, 3.05) is 0 Å². The van der Waals surface area contributed by atoms with Gasteiger partial charge in [-0.3, -0.25) is 0 Å². The van der Waals surface area contributed by atoms with E-state index in [2.05, 4.69) is 42.6 Å². The Labute approximate surface area is 82.6 Å². The first kappa shape index (κ1) is 9.13. The molecule has 0 aromatic rings. The highest BCUT2D eigenvalue weighted by atomic mass is 127. The molecule has 0 bridgehead atoms. The van der Waals surface area contributed by atoms with Crippen LogP contribution in [0.4, 0.5) is 0 Å². The van der Waals surface area contributed by atoms with Crippen molar-refractivity contribution >= 4 is 35.7 Å². The summed E-state index contributed by atoms with van der Waals surface area (Å²) >= 11 is 6.56. The van der Waals surface area contributed by atoms with Gasteiger partial charge in [0.1, 0.15) is 0 Å². The molecule has 0 atom stereocenters. The molecule has 1 aliphatic rings. The van der Waals surface area contributed by atoms with Gasteiger partial charge in [-0.2, -0.15) is 2.52 Å². The molecule has 0 aliphatic heterocycles. The van der Waals surface area contributed by atoms with Crippen LogP contribution in [0.25, 0.3) is 0 Å². The molecule has 1 rings (SSSR count). The molecule has 1 saturated carbocycles. The fraction of sp³-hybridized carbons (Fsp3) is 1.00. The normalized spacial score (nSPS) is 34.8. The minimum Gasteiger partial charge on any atom is -0.191 e. The lowest BCUT2D eigenvalue weighted by Crippen LogP contribution is -2.24. The summed E-state index contributed by atoms with van der Waals surface area (Å²) in [6.07, 6.45) is 5.41. The molecule has 1 aliphatic carbocycles. The zero-order chi connectivity index (χ0) is 7.56. The zero-order valence-electron chi connectivity index (χ0n) is 6.26. The highest BCUT2D eigenvalue weighted by Crippen LogP contribution is 2.29. The van der Waals surface area contributed by atoms with E-state index in [4.69, 9.17) is 0 Å². The molecule has 0 aromatic heterocycles. The maximum atomic E-state index is 4.29. The summed E-state index contributed by atoms with van der Waals surface area (Å²) in [6.45, 7) is 2.34. The predicted octanol–water partition coefficient (Wildman–Crippen LogP) is 3.06. The van der Waals surface area contributed by atoms with Gasteiger partial charge < -0.3 is 0 Å². The van der Waals surface area contributed by atoms with E-state index in [1.807, 2.05) is 2.52 Å². The molecule has 1 nitrogen and oxygen atoms in total. The number of halogens is 1. The van der Waals surface area contributed by atoms with Crippen molar-refractivity contribution in [3.8, 4) is 0 Å². The molecule has 0 N–H and O–H groups in total. The Bertz CT molecular complexity index is 99.8. The van der Waals surface area contributed by atoms with Crippen LogP contribution in [0.5, 0.6) is 0 Å². The maximum absolute atomic E-state index is 4.29. The van der Waals surface area contributed by atoms with Crippen molar-refractivity contribution in [3.05, 3.63) is 0 Å². The molecule has 0 unspecified atom stereocenters. The Morgan fingerprint density at radius 1 is 1.30 bits per heavy atom. The summed E-state index contributed by atoms with van der Waals surface area (Å²) in [6, 6.07) is 0.722. The van der Waals surface area contributed by atoms with Gasteiger partial charge >= 0.3 is 0 Å². The van der Waals surface area contributed by atoms with Crippen molar-refractivity contribution < 1.29 is 0 Å². The van der Waals surface area contributed by atoms with E-state index in [9.17, 15) is 0 Å². The molecule has 0 radical (unpaired) electrons. The van der Waals surface area contributed by atoms with Crippen LogP contribution in [0.3, 0.4) is 0 Å². The van der Waals surface area contributed by atoms with Crippen LogP contribution in [0.15, 0.2) is 0 Å². The summed E-state index contributed by atoms with van der Waals surface area (Å²) in [5, 5.41) is 0. The molecular weight excluding hydrogens is 257 g/mol. The highest BCUT2D eigenvalue weighted by molar-refractivity contribution is 14.1. The molecule has 0 aromatic carbocycles. The van der Waals surface area contributed by atoms with Crippen LogP contribution in [-0.2, 0) is 0 Å². The van der Waals surface area contributed by atoms with Crippen molar-refractivity contribution in [2.24, 2.45) is 5.92 Å². The summed E-state index contributed by atoms with van der Waals surface area (Å²) in [5.74, 6) is 0.945. The summed E-state index contributed by atoms with van der Waals surface area (Å²) in [4.78, 5) is 0. The van der Waals surface area contributed by atoms with Crippen LogP contribution >= 0.6 is 35.7 Å². The second kappa shape index (κ2) is 4.16. The van der Waals surface area contributed by atoms with E-state index >= 15 is 0 Å². The van der Waals surface area contributed by atoms with E-state index < -0.39 is 0 Å². The molecule has 60 valence electrons. The van der Waals surface area contributed by atoms with Gasteiger partial charge in [0, 0.05) is 28.9 Å². The van der Waals surface area contributed by atoms with E-state index in [1.165, 1.54) is 25.7 Å². The molecule has 0 saturated heterocycles. The van der Waals surface area contributed by atoms with E-state index in [1.54, 1.807) is 0 Å². The summed E-state index contributed by atoms with van der Waals surface area (Å²) < 4.78 is 2.03. The van der Waals surface area contributed by atoms with Crippen LogP contribution in [-0.4, -0.2) is 8.56 Å². The molecule has 1 fully saturated rings. The standard InChI is InChI=1S/C7H14INS/c1-6-2-4-7(5-3-6)9(8)10/h6-7,10H,2-5H2,1H3.